The van der Waals surface area contributed by atoms with Crippen molar-refractivity contribution in [2.45, 2.75) is 44.6 Å². The van der Waals surface area contributed by atoms with Crippen LogP contribution in [0.4, 0.5) is 0 Å². The van der Waals surface area contributed by atoms with Crippen LogP contribution in [0, 0.1) is 11.8 Å². The van der Waals surface area contributed by atoms with Gasteiger partial charge in [-0.25, -0.2) is 0 Å². The van der Waals surface area contributed by atoms with Crippen molar-refractivity contribution in [1.29, 1.82) is 0 Å². The van der Waals surface area contributed by atoms with Crippen molar-refractivity contribution in [2.24, 2.45) is 11.8 Å². The Balaban J connectivity index is 1.69. The van der Waals surface area contributed by atoms with Crippen LogP contribution < -0.4 is 5.32 Å². The highest BCUT2D eigenvalue weighted by molar-refractivity contribution is 5.81. The molecule has 2 amide bonds. The van der Waals surface area contributed by atoms with E-state index in [1.165, 1.54) is 0 Å². The summed E-state index contributed by atoms with van der Waals surface area (Å²) in [5.74, 6) is -1.50. The molecule has 3 rings (SSSR count). The van der Waals surface area contributed by atoms with E-state index in [1.807, 2.05) is 30.3 Å². The van der Waals surface area contributed by atoms with Gasteiger partial charge in [0.1, 0.15) is 0 Å². The monoisotopic (exact) mass is 358 g/mol. The highest BCUT2D eigenvalue weighted by Gasteiger charge is 2.33. The maximum absolute atomic E-state index is 12.8. The van der Waals surface area contributed by atoms with Crippen molar-refractivity contribution >= 4 is 17.8 Å². The van der Waals surface area contributed by atoms with Gasteiger partial charge in [-0.3, -0.25) is 14.4 Å². The van der Waals surface area contributed by atoms with Crippen molar-refractivity contribution in [3.63, 3.8) is 0 Å². The zero-order valence-electron chi connectivity index (χ0n) is 14.9. The van der Waals surface area contributed by atoms with E-state index in [2.05, 4.69) is 5.32 Å². The SMILES string of the molecule is O=C(O)C1CCCC(C(=O)NC(CN2CCCC2=O)c2ccccc2)C1. The molecule has 3 unspecified atom stereocenters. The van der Waals surface area contributed by atoms with E-state index in [9.17, 15) is 19.5 Å². The molecule has 140 valence electrons. The second-order valence-electron chi connectivity index (χ2n) is 7.31. The smallest absolute Gasteiger partial charge is 0.306 e. The molecule has 0 aromatic heterocycles. The van der Waals surface area contributed by atoms with E-state index in [4.69, 9.17) is 0 Å². The molecule has 1 aromatic carbocycles. The summed E-state index contributed by atoms with van der Waals surface area (Å²) in [6, 6.07) is 9.39. The molecule has 0 radical (unpaired) electrons. The molecule has 2 N–H and O–H groups in total. The van der Waals surface area contributed by atoms with Crippen LogP contribution in [-0.2, 0) is 14.4 Å². The number of aliphatic carboxylic acids is 1. The number of nitrogens with one attached hydrogen (secondary N) is 1. The van der Waals surface area contributed by atoms with Crippen LogP contribution in [0.15, 0.2) is 30.3 Å². The highest BCUT2D eigenvalue weighted by Crippen LogP contribution is 2.30. The van der Waals surface area contributed by atoms with E-state index in [0.717, 1.165) is 31.4 Å². The lowest BCUT2D eigenvalue weighted by Gasteiger charge is -2.30. The molecule has 1 saturated heterocycles. The Morgan fingerprint density at radius 3 is 2.54 bits per heavy atom. The van der Waals surface area contributed by atoms with E-state index < -0.39 is 11.9 Å². The van der Waals surface area contributed by atoms with Gasteiger partial charge in [0.25, 0.3) is 0 Å². The average Bonchev–Trinajstić information content (AvgIpc) is 3.06. The molecule has 6 heteroatoms. The molecule has 1 aromatic rings. The number of hydrogen-bond acceptors (Lipinski definition) is 3. The van der Waals surface area contributed by atoms with Gasteiger partial charge >= 0.3 is 5.97 Å². The van der Waals surface area contributed by atoms with Gasteiger partial charge in [-0.05, 0) is 31.2 Å². The number of hydrogen-bond donors (Lipinski definition) is 2. The Morgan fingerprint density at radius 1 is 1.15 bits per heavy atom. The van der Waals surface area contributed by atoms with E-state index in [-0.39, 0.29) is 23.8 Å². The topological polar surface area (TPSA) is 86.7 Å². The summed E-state index contributed by atoms with van der Waals surface area (Å²) in [6.07, 6.45) is 3.94. The maximum Gasteiger partial charge on any atom is 0.306 e. The number of carboxylic acids is 1. The largest absolute Gasteiger partial charge is 0.481 e. The lowest BCUT2D eigenvalue weighted by Crippen LogP contribution is -2.42. The molecule has 3 atom stereocenters. The normalized spacial score (nSPS) is 24.3. The Labute approximate surface area is 153 Å². The molecule has 6 nitrogen and oxygen atoms in total. The molecule has 2 aliphatic rings. The standard InChI is InChI=1S/C20H26N2O4/c23-18-10-5-11-22(18)13-17(14-6-2-1-3-7-14)21-19(24)15-8-4-9-16(12-15)20(25)26/h1-3,6-7,15-17H,4-5,8-13H2,(H,21,24)(H,25,26). The van der Waals surface area contributed by atoms with E-state index >= 15 is 0 Å². The van der Waals surface area contributed by atoms with Crippen LogP contribution in [0.2, 0.25) is 0 Å². The van der Waals surface area contributed by atoms with E-state index in [0.29, 0.717) is 25.8 Å². The Bertz CT molecular complexity index is 661. The number of nitrogens with zero attached hydrogens (tertiary/aromatic N) is 1. The molecule has 0 spiro atoms. The van der Waals surface area contributed by atoms with E-state index in [1.54, 1.807) is 4.90 Å². The minimum absolute atomic E-state index is 0.101. The number of likely N-dealkylation sites (tertiary alicyclic amines) is 1. The first-order valence-corrected chi connectivity index (χ1v) is 9.40. The molecule has 0 bridgehead atoms. The summed E-state index contributed by atoms with van der Waals surface area (Å²) >= 11 is 0. The molecule has 1 saturated carbocycles. The minimum Gasteiger partial charge on any atom is -0.481 e. The van der Waals surface area contributed by atoms with Gasteiger partial charge in [0.05, 0.1) is 12.0 Å². The Hall–Kier alpha value is -2.37. The van der Waals surface area contributed by atoms with Crippen LogP contribution in [0.1, 0.15) is 50.1 Å². The van der Waals surface area contributed by atoms with Crippen molar-refractivity contribution in [2.75, 3.05) is 13.1 Å². The van der Waals surface area contributed by atoms with Gasteiger partial charge in [-0.2, -0.15) is 0 Å². The van der Waals surface area contributed by atoms with Crippen LogP contribution in [0.5, 0.6) is 0 Å². The number of benzene rings is 1. The van der Waals surface area contributed by atoms with Gasteiger partial charge in [-0.15, -0.1) is 0 Å². The number of carbonyl (C=O) groups excluding carboxylic acids is 2. The first-order chi connectivity index (χ1) is 12.5. The Morgan fingerprint density at radius 2 is 1.88 bits per heavy atom. The second-order valence-corrected chi connectivity index (χ2v) is 7.31. The van der Waals surface area contributed by atoms with Gasteiger partial charge in [0, 0.05) is 25.4 Å². The third-order valence-electron chi connectivity index (χ3n) is 5.49. The summed E-state index contributed by atoms with van der Waals surface area (Å²) in [7, 11) is 0. The van der Waals surface area contributed by atoms with Gasteiger partial charge < -0.3 is 15.3 Å². The maximum atomic E-state index is 12.8. The van der Waals surface area contributed by atoms with Crippen molar-refractivity contribution in [3.05, 3.63) is 35.9 Å². The van der Waals surface area contributed by atoms with Crippen LogP contribution >= 0.6 is 0 Å². The fraction of sp³-hybridized carbons (Fsp3) is 0.550. The van der Waals surface area contributed by atoms with Gasteiger partial charge in [-0.1, -0.05) is 36.8 Å². The molecule has 1 heterocycles. The third-order valence-corrected chi connectivity index (χ3v) is 5.49. The lowest BCUT2D eigenvalue weighted by atomic mass is 9.81. The number of carbonyl (C=O) groups is 3. The fourth-order valence-corrected chi connectivity index (χ4v) is 3.98. The lowest BCUT2D eigenvalue weighted by molar-refractivity contribution is -0.144. The highest BCUT2D eigenvalue weighted by atomic mass is 16.4. The molecular formula is C20H26N2O4. The van der Waals surface area contributed by atoms with Crippen LogP contribution in [-0.4, -0.2) is 40.9 Å². The summed E-state index contributed by atoms with van der Waals surface area (Å²) < 4.78 is 0. The zero-order chi connectivity index (χ0) is 18.5. The van der Waals surface area contributed by atoms with Crippen LogP contribution in [0.3, 0.4) is 0 Å². The quantitative estimate of drug-likeness (QED) is 0.817. The third kappa shape index (κ3) is 4.42. The predicted molar refractivity (Wildman–Crippen MR) is 96.2 cm³/mol. The molecule has 2 fully saturated rings. The Kier molecular flexibility index (Phi) is 5.91. The van der Waals surface area contributed by atoms with Gasteiger partial charge in [0.2, 0.25) is 11.8 Å². The van der Waals surface area contributed by atoms with Crippen LogP contribution in [0.25, 0.3) is 0 Å². The first kappa shape index (κ1) is 18.4. The summed E-state index contributed by atoms with van der Waals surface area (Å²) in [5, 5.41) is 12.3. The predicted octanol–water partition coefficient (Wildman–Crippen LogP) is 2.36. The molecule has 1 aliphatic carbocycles. The summed E-state index contributed by atoms with van der Waals surface area (Å²) in [4.78, 5) is 37.9. The summed E-state index contributed by atoms with van der Waals surface area (Å²) in [5.41, 5.74) is 0.964. The number of rotatable bonds is 6. The molecular weight excluding hydrogens is 332 g/mol. The zero-order valence-corrected chi connectivity index (χ0v) is 14.9. The fourth-order valence-electron chi connectivity index (χ4n) is 3.98. The number of amides is 2. The first-order valence-electron chi connectivity index (χ1n) is 9.40. The van der Waals surface area contributed by atoms with Crippen molar-refractivity contribution in [1.82, 2.24) is 10.2 Å². The van der Waals surface area contributed by atoms with Crippen molar-refractivity contribution < 1.29 is 19.5 Å². The minimum atomic E-state index is -0.815. The second kappa shape index (κ2) is 8.34. The van der Waals surface area contributed by atoms with Gasteiger partial charge in [0.15, 0.2) is 0 Å². The van der Waals surface area contributed by atoms with Crippen molar-refractivity contribution in [3.8, 4) is 0 Å². The molecule has 1 aliphatic heterocycles. The molecule has 26 heavy (non-hydrogen) atoms. The summed E-state index contributed by atoms with van der Waals surface area (Å²) in [6.45, 7) is 1.19. The number of carboxylic acid groups (broad SMARTS) is 1. The average molecular weight is 358 g/mol.